The van der Waals surface area contributed by atoms with E-state index in [0.717, 1.165) is 16.7 Å². The van der Waals surface area contributed by atoms with E-state index in [0.29, 0.717) is 30.9 Å². The van der Waals surface area contributed by atoms with Gasteiger partial charge in [-0.2, -0.15) is 0 Å². The fraction of sp³-hybridized carbons (Fsp3) is 0.150. The minimum atomic E-state index is -0.0441. The van der Waals surface area contributed by atoms with Crippen molar-refractivity contribution >= 4 is 13.3 Å². The maximum Gasteiger partial charge on any atom is 0.248 e. The fourth-order valence-corrected chi connectivity index (χ4v) is 2.78. The summed E-state index contributed by atoms with van der Waals surface area (Å²) >= 11 is 0. The molecule has 0 unspecified atom stereocenters. The lowest BCUT2D eigenvalue weighted by molar-refractivity contribution is 0.308. The molecule has 0 aliphatic carbocycles. The first kappa shape index (κ1) is 17.1. The molecular formula is C20H21BN2O2. The van der Waals surface area contributed by atoms with Crippen molar-refractivity contribution in [1.82, 2.24) is 4.57 Å². The van der Waals surface area contributed by atoms with E-state index in [1.165, 1.54) is 0 Å². The summed E-state index contributed by atoms with van der Waals surface area (Å²) in [5.41, 5.74) is 9.54. The quantitative estimate of drug-likeness (QED) is 0.690. The molecule has 0 aliphatic rings. The Morgan fingerprint density at radius 1 is 0.960 bits per heavy atom. The molecule has 2 N–H and O–H groups in total. The van der Waals surface area contributed by atoms with E-state index in [9.17, 15) is 4.79 Å². The van der Waals surface area contributed by atoms with Crippen molar-refractivity contribution in [2.75, 3.05) is 0 Å². The second-order valence-electron chi connectivity index (χ2n) is 5.99. The maximum atomic E-state index is 12.7. The van der Waals surface area contributed by atoms with Crippen LogP contribution in [0.5, 0.6) is 5.75 Å². The molecule has 1 aromatic heterocycles. The molecule has 2 aromatic carbocycles. The van der Waals surface area contributed by atoms with Gasteiger partial charge in [0, 0.05) is 18.2 Å². The second kappa shape index (κ2) is 7.86. The largest absolute Gasteiger partial charge is 0.489 e. The molecule has 0 bridgehead atoms. The molecule has 1 heterocycles. The number of ether oxygens (including phenoxy) is 1. The van der Waals surface area contributed by atoms with Gasteiger partial charge in [-0.05, 0) is 22.8 Å². The zero-order valence-corrected chi connectivity index (χ0v) is 14.3. The molecule has 126 valence electrons. The topological polar surface area (TPSA) is 57.2 Å². The predicted octanol–water partition coefficient (Wildman–Crippen LogP) is 1.19. The molecule has 0 fully saturated rings. The number of hydrogen-bond donors (Lipinski definition) is 1. The summed E-state index contributed by atoms with van der Waals surface area (Å²) in [7, 11) is 1.80. The lowest BCUT2D eigenvalue weighted by Gasteiger charge is -2.14. The maximum absolute atomic E-state index is 12.7. The van der Waals surface area contributed by atoms with Gasteiger partial charge in [0.1, 0.15) is 12.4 Å². The number of nitrogens with two attached hydrogens (primary N) is 1. The first-order valence-corrected chi connectivity index (χ1v) is 8.32. The lowest BCUT2D eigenvalue weighted by atomic mass is 9.96. The van der Waals surface area contributed by atoms with Gasteiger partial charge >= 0.3 is 0 Å². The smallest absolute Gasteiger partial charge is 0.248 e. The van der Waals surface area contributed by atoms with Gasteiger partial charge in [-0.1, -0.05) is 54.6 Å². The Morgan fingerprint density at radius 2 is 1.64 bits per heavy atom. The van der Waals surface area contributed by atoms with E-state index in [1.54, 1.807) is 18.6 Å². The first-order valence-electron chi connectivity index (χ1n) is 8.32. The van der Waals surface area contributed by atoms with Crippen molar-refractivity contribution in [2.24, 2.45) is 5.73 Å². The van der Waals surface area contributed by atoms with Crippen LogP contribution in [0.15, 0.2) is 71.7 Å². The zero-order chi connectivity index (χ0) is 17.6. The van der Waals surface area contributed by atoms with E-state index in [4.69, 9.17) is 10.5 Å². The van der Waals surface area contributed by atoms with Crippen LogP contribution in [-0.2, 0) is 19.7 Å². The monoisotopic (exact) mass is 332 g/mol. The van der Waals surface area contributed by atoms with Crippen molar-refractivity contribution in [3.63, 3.8) is 0 Å². The highest BCUT2D eigenvalue weighted by Crippen LogP contribution is 2.11. The third kappa shape index (κ3) is 4.01. The molecule has 25 heavy (non-hydrogen) atoms. The normalized spacial score (nSPS) is 10.6. The van der Waals surface area contributed by atoms with Crippen molar-refractivity contribution in [3.05, 3.63) is 93.9 Å². The Kier molecular flexibility index (Phi) is 5.36. The molecule has 0 atom stereocenters. The van der Waals surface area contributed by atoms with Gasteiger partial charge in [0.25, 0.3) is 0 Å². The highest BCUT2D eigenvalue weighted by molar-refractivity contribution is 6.33. The van der Waals surface area contributed by atoms with E-state index in [1.807, 2.05) is 60.7 Å². The molecule has 5 heteroatoms. The van der Waals surface area contributed by atoms with Gasteiger partial charge in [-0.3, -0.25) is 4.79 Å². The summed E-state index contributed by atoms with van der Waals surface area (Å²) in [6.07, 6.45) is 1.78. The molecule has 3 rings (SSSR count). The van der Waals surface area contributed by atoms with Crippen LogP contribution in [0, 0.1) is 0 Å². The average Bonchev–Trinajstić information content (AvgIpc) is 2.66. The summed E-state index contributed by atoms with van der Waals surface area (Å²) < 4.78 is 7.51. The molecule has 0 saturated carbocycles. The van der Waals surface area contributed by atoms with Gasteiger partial charge in [-0.25, -0.2) is 0 Å². The highest BCUT2D eigenvalue weighted by Gasteiger charge is 2.09. The van der Waals surface area contributed by atoms with E-state index < -0.39 is 0 Å². The van der Waals surface area contributed by atoms with Crippen LogP contribution in [0.25, 0.3) is 0 Å². The van der Waals surface area contributed by atoms with Gasteiger partial charge < -0.3 is 15.0 Å². The Morgan fingerprint density at radius 3 is 2.36 bits per heavy atom. The minimum Gasteiger partial charge on any atom is -0.489 e. The molecular weight excluding hydrogens is 311 g/mol. The SMILES string of the molecule is Bc1c(OCc2ccccc2)ccn(Cc2ccccc2CN)c1=O. The Balaban J connectivity index is 1.79. The highest BCUT2D eigenvalue weighted by atomic mass is 16.5. The first-order chi connectivity index (χ1) is 12.2. The molecule has 4 nitrogen and oxygen atoms in total. The molecule has 0 spiro atoms. The summed E-state index contributed by atoms with van der Waals surface area (Å²) in [5, 5.41) is 0. The number of pyridine rings is 1. The van der Waals surface area contributed by atoms with Gasteiger partial charge in [-0.15, -0.1) is 0 Å². The number of rotatable bonds is 6. The Labute approximate surface area is 148 Å². The molecule has 0 aliphatic heterocycles. The number of aromatic nitrogens is 1. The number of nitrogens with zero attached hydrogens (tertiary/aromatic N) is 1. The van der Waals surface area contributed by atoms with Crippen molar-refractivity contribution in [3.8, 4) is 5.75 Å². The minimum absolute atomic E-state index is 0.0441. The molecule has 0 amide bonds. The lowest BCUT2D eigenvalue weighted by Crippen LogP contribution is -2.35. The Hall–Kier alpha value is -2.79. The zero-order valence-electron chi connectivity index (χ0n) is 14.3. The fourth-order valence-electron chi connectivity index (χ4n) is 2.78. The van der Waals surface area contributed by atoms with E-state index in [-0.39, 0.29) is 5.56 Å². The van der Waals surface area contributed by atoms with Crippen LogP contribution in [0.3, 0.4) is 0 Å². The van der Waals surface area contributed by atoms with Crippen LogP contribution in [0.1, 0.15) is 16.7 Å². The third-order valence-corrected chi connectivity index (χ3v) is 4.27. The molecule has 3 aromatic rings. The summed E-state index contributed by atoms with van der Waals surface area (Å²) in [5.74, 6) is 0.622. The van der Waals surface area contributed by atoms with Gasteiger partial charge in [0.05, 0.1) is 6.54 Å². The van der Waals surface area contributed by atoms with Crippen LogP contribution in [0.2, 0.25) is 0 Å². The molecule has 0 saturated heterocycles. The summed E-state index contributed by atoms with van der Waals surface area (Å²) in [6, 6.07) is 19.7. The average molecular weight is 332 g/mol. The summed E-state index contributed by atoms with van der Waals surface area (Å²) in [6.45, 7) is 1.41. The van der Waals surface area contributed by atoms with E-state index >= 15 is 0 Å². The van der Waals surface area contributed by atoms with Crippen LogP contribution < -0.4 is 21.5 Å². The third-order valence-electron chi connectivity index (χ3n) is 4.27. The Bertz CT molecular complexity index is 907. The van der Waals surface area contributed by atoms with Crippen LogP contribution in [0.4, 0.5) is 0 Å². The number of benzene rings is 2. The van der Waals surface area contributed by atoms with Crippen LogP contribution in [-0.4, -0.2) is 12.4 Å². The molecule has 0 radical (unpaired) electrons. The van der Waals surface area contributed by atoms with Gasteiger partial charge in [0.2, 0.25) is 5.56 Å². The summed E-state index contributed by atoms with van der Waals surface area (Å²) in [4.78, 5) is 12.7. The van der Waals surface area contributed by atoms with Gasteiger partial charge in [0.15, 0.2) is 7.85 Å². The van der Waals surface area contributed by atoms with Crippen LogP contribution >= 0.6 is 0 Å². The van der Waals surface area contributed by atoms with Crippen molar-refractivity contribution in [1.29, 1.82) is 0 Å². The predicted molar refractivity (Wildman–Crippen MR) is 103 cm³/mol. The number of hydrogen-bond acceptors (Lipinski definition) is 3. The van der Waals surface area contributed by atoms with E-state index in [2.05, 4.69) is 0 Å². The van der Waals surface area contributed by atoms with Crippen molar-refractivity contribution in [2.45, 2.75) is 19.7 Å². The second-order valence-corrected chi connectivity index (χ2v) is 5.99. The van der Waals surface area contributed by atoms with Crippen molar-refractivity contribution < 1.29 is 4.74 Å². The standard InChI is InChI=1S/C20H21BN2O2/c21-19-18(25-14-15-6-2-1-3-7-15)10-11-23(20(19)24)13-17-9-5-4-8-16(17)12-22/h1-11H,12-14,21-22H2.